The van der Waals surface area contributed by atoms with E-state index in [1.165, 1.54) is 0 Å². The lowest BCUT2D eigenvalue weighted by Crippen LogP contribution is -2.42. The van der Waals surface area contributed by atoms with Crippen LogP contribution in [0.25, 0.3) is 21.5 Å². The van der Waals surface area contributed by atoms with Crippen LogP contribution in [0.15, 0.2) is 79.1 Å². The zero-order valence-corrected chi connectivity index (χ0v) is 15.6. The highest BCUT2D eigenvalue weighted by Gasteiger charge is 2.31. The van der Waals surface area contributed by atoms with Gasteiger partial charge in [0.1, 0.15) is 5.01 Å². The third-order valence-corrected chi connectivity index (χ3v) is 5.77. The van der Waals surface area contributed by atoms with Gasteiger partial charge in [0, 0.05) is 18.0 Å². The van der Waals surface area contributed by atoms with Gasteiger partial charge in [-0.05, 0) is 35.4 Å². The summed E-state index contributed by atoms with van der Waals surface area (Å²) in [6, 6.07) is 21.3. The van der Waals surface area contributed by atoms with Gasteiger partial charge in [-0.2, -0.15) is 0 Å². The molecule has 1 aliphatic rings. The van der Waals surface area contributed by atoms with E-state index in [4.69, 9.17) is 4.98 Å². The minimum absolute atomic E-state index is 0.231. The number of thiazole rings is 1. The summed E-state index contributed by atoms with van der Waals surface area (Å²) in [5, 5.41) is 6.95. The number of amides is 2. The fraction of sp³-hybridized carbons (Fsp3) is 0.0455. The number of fused-ring (bicyclic) bond motifs is 1. The van der Waals surface area contributed by atoms with Crippen LogP contribution in [0.3, 0.4) is 0 Å². The Hall–Kier alpha value is -3.51. The second-order valence-corrected chi connectivity index (χ2v) is 7.48. The molecule has 0 fully saturated rings. The zero-order valence-electron chi connectivity index (χ0n) is 14.8. The first-order chi connectivity index (χ1) is 13.8. The molecule has 136 valence electrons. The Bertz CT molecular complexity index is 1150. The van der Waals surface area contributed by atoms with Crippen LogP contribution in [0.4, 0.5) is 4.79 Å². The monoisotopic (exact) mass is 384 g/mol. The van der Waals surface area contributed by atoms with Crippen LogP contribution in [0.2, 0.25) is 0 Å². The molecule has 2 aromatic heterocycles. The molecular weight excluding hydrogens is 368 g/mol. The quantitative estimate of drug-likeness (QED) is 0.542. The molecule has 0 unspecified atom stereocenters. The van der Waals surface area contributed by atoms with Gasteiger partial charge in [0.25, 0.3) is 0 Å². The highest BCUT2D eigenvalue weighted by atomic mass is 32.1. The lowest BCUT2D eigenvalue weighted by atomic mass is 9.93. The molecule has 0 saturated heterocycles. The number of para-hydroxylation sites is 1. The van der Waals surface area contributed by atoms with E-state index in [2.05, 4.69) is 21.7 Å². The van der Waals surface area contributed by atoms with E-state index in [1.807, 2.05) is 60.7 Å². The molecule has 0 bridgehead atoms. The highest BCUT2D eigenvalue weighted by Crippen LogP contribution is 2.40. The average molecular weight is 384 g/mol. The van der Waals surface area contributed by atoms with E-state index in [0.717, 1.165) is 37.6 Å². The Morgan fingerprint density at radius 2 is 1.64 bits per heavy atom. The molecule has 28 heavy (non-hydrogen) atoms. The summed E-state index contributed by atoms with van der Waals surface area (Å²) in [5.74, 6) is 0. The van der Waals surface area contributed by atoms with Gasteiger partial charge in [0.2, 0.25) is 0 Å². The van der Waals surface area contributed by atoms with Gasteiger partial charge in [-0.25, -0.2) is 9.78 Å². The minimum Gasteiger partial charge on any atom is -0.327 e. The number of nitrogens with zero attached hydrogens (tertiary/aromatic N) is 2. The maximum absolute atomic E-state index is 12.5. The topological polar surface area (TPSA) is 66.9 Å². The number of carbonyl (C=O) groups excluding carboxylic acids is 1. The molecule has 0 saturated carbocycles. The molecule has 6 heteroatoms. The van der Waals surface area contributed by atoms with Crippen LogP contribution >= 0.6 is 11.3 Å². The standard InChI is InChI=1S/C22H16N4OS/c27-22-25-19(14-6-2-1-3-7-14)18(20(26-22)15-10-12-23-13-11-15)21-24-16-8-4-5-9-17(16)28-21/h1-13,20H,(H2,25,26,27)/t20-/m1/s1. The molecule has 0 radical (unpaired) electrons. The molecule has 2 aromatic carbocycles. The van der Waals surface area contributed by atoms with Gasteiger partial charge < -0.3 is 10.6 Å². The van der Waals surface area contributed by atoms with Crippen molar-refractivity contribution in [2.45, 2.75) is 6.04 Å². The summed E-state index contributed by atoms with van der Waals surface area (Å²) in [7, 11) is 0. The molecule has 5 rings (SSSR count). The summed E-state index contributed by atoms with van der Waals surface area (Å²) in [6.07, 6.45) is 3.48. The highest BCUT2D eigenvalue weighted by molar-refractivity contribution is 7.19. The van der Waals surface area contributed by atoms with Crippen molar-refractivity contribution in [1.82, 2.24) is 20.6 Å². The van der Waals surface area contributed by atoms with Crippen molar-refractivity contribution < 1.29 is 4.79 Å². The minimum atomic E-state index is -0.312. The van der Waals surface area contributed by atoms with Gasteiger partial charge >= 0.3 is 6.03 Å². The predicted octanol–water partition coefficient (Wildman–Crippen LogP) is 4.61. The summed E-state index contributed by atoms with van der Waals surface area (Å²) in [6.45, 7) is 0. The fourth-order valence-electron chi connectivity index (χ4n) is 3.42. The van der Waals surface area contributed by atoms with Crippen molar-refractivity contribution in [2.24, 2.45) is 0 Å². The summed E-state index contributed by atoms with van der Waals surface area (Å²) in [4.78, 5) is 21.5. The second-order valence-electron chi connectivity index (χ2n) is 6.45. The lowest BCUT2D eigenvalue weighted by molar-refractivity contribution is 0.242. The smallest absolute Gasteiger partial charge is 0.320 e. The normalized spacial score (nSPS) is 16.7. The van der Waals surface area contributed by atoms with E-state index in [-0.39, 0.29) is 12.1 Å². The maximum Gasteiger partial charge on any atom is 0.320 e. The van der Waals surface area contributed by atoms with Gasteiger partial charge in [0.05, 0.1) is 22.0 Å². The SMILES string of the molecule is O=C1NC(c2ccccc2)=C(c2nc3ccccc3s2)[C@@H](c2ccncc2)N1. The molecule has 1 aliphatic heterocycles. The number of benzene rings is 2. The van der Waals surface area contributed by atoms with Gasteiger partial charge in [0.15, 0.2) is 0 Å². The number of rotatable bonds is 3. The van der Waals surface area contributed by atoms with E-state index in [9.17, 15) is 4.79 Å². The van der Waals surface area contributed by atoms with Crippen LogP contribution in [0, 0.1) is 0 Å². The molecule has 2 N–H and O–H groups in total. The molecule has 2 amide bonds. The molecule has 0 aliphatic carbocycles. The second kappa shape index (κ2) is 6.90. The van der Waals surface area contributed by atoms with Gasteiger partial charge in [-0.3, -0.25) is 4.98 Å². The Kier molecular flexibility index (Phi) is 4.10. The third kappa shape index (κ3) is 2.93. The fourth-order valence-corrected chi connectivity index (χ4v) is 4.47. The number of hydrogen-bond acceptors (Lipinski definition) is 4. The first-order valence-electron chi connectivity index (χ1n) is 8.92. The van der Waals surface area contributed by atoms with E-state index in [1.54, 1.807) is 23.7 Å². The Morgan fingerprint density at radius 3 is 2.43 bits per heavy atom. The number of aromatic nitrogens is 2. The summed E-state index contributed by atoms with van der Waals surface area (Å²) < 4.78 is 1.11. The molecule has 3 heterocycles. The summed E-state index contributed by atoms with van der Waals surface area (Å²) >= 11 is 1.63. The Balaban J connectivity index is 1.78. The number of urea groups is 1. The third-order valence-electron chi connectivity index (χ3n) is 4.70. The van der Waals surface area contributed by atoms with E-state index < -0.39 is 0 Å². The van der Waals surface area contributed by atoms with Crippen LogP contribution in [0.1, 0.15) is 22.2 Å². The maximum atomic E-state index is 12.5. The molecular formula is C22H16N4OS. The van der Waals surface area contributed by atoms with Gasteiger partial charge in [-0.1, -0.05) is 42.5 Å². The first-order valence-corrected chi connectivity index (χ1v) is 9.74. The van der Waals surface area contributed by atoms with Crippen molar-refractivity contribution in [1.29, 1.82) is 0 Å². The van der Waals surface area contributed by atoms with Crippen molar-refractivity contribution in [3.63, 3.8) is 0 Å². The Morgan fingerprint density at radius 1 is 0.893 bits per heavy atom. The largest absolute Gasteiger partial charge is 0.327 e. The van der Waals surface area contributed by atoms with Crippen LogP contribution in [0.5, 0.6) is 0 Å². The van der Waals surface area contributed by atoms with E-state index in [0.29, 0.717) is 0 Å². The Labute approximate surface area is 165 Å². The number of carbonyl (C=O) groups is 1. The average Bonchev–Trinajstić information content (AvgIpc) is 3.18. The van der Waals surface area contributed by atoms with E-state index >= 15 is 0 Å². The van der Waals surface area contributed by atoms with Crippen LogP contribution < -0.4 is 10.6 Å². The molecule has 4 aromatic rings. The van der Waals surface area contributed by atoms with Gasteiger partial charge in [-0.15, -0.1) is 11.3 Å². The number of nitrogens with one attached hydrogen (secondary N) is 2. The van der Waals surface area contributed by atoms with Crippen molar-refractivity contribution in [3.05, 3.63) is 95.3 Å². The number of pyridine rings is 1. The lowest BCUT2D eigenvalue weighted by Gasteiger charge is -2.29. The molecule has 0 spiro atoms. The van der Waals surface area contributed by atoms with Crippen molar-refractivity contribution in [3.8, 4) is 0 Å². The number of hydrogen-bond donors (Lipinski definition) is 2. The van der Waals surface area contributed by atoms with Crippen molar-refractivity contribution in [2.75, 3.05) is 0 Å². The molecule has 5 nitrogen and oxygen atoms in total. The summed E-state index contributed by atoms with van der Waals surface area (Å²) in [5.41, 5.74) is 4.61. The zero-order chi connectivity index (χ0) is 18.9. The van der Waals surface area contributed by atoms with Crippen LogP contribution in [-0.2, 0) is 0 Å². The molecule has 1 atom stereocenters. The van der Waals surface area contributed by atoms with Crippen LogP contribution in [-0.4, -0.2) is 16.0 Å². The first kappa shape index (κ1) is 16.6. The van der Waals surface area contributed by atoms with Crippen molar-refractivity contribution >= 4 is 38.9 Å². The predicted molar refractivity (Wildman–Crippen MR) is 112 cm³/mol.